The molecule has 0 aliphatic carbocycles. The third-order valence-electron chi connectivity index (χ3n) is 4.23. The zero-order chi connectivity index (χ0) is 16.4. The summed E-state index contributed by atoms with van der Waals surface area (Å²) in [7, 11) is 0. The predicted octanol–water partition coefficient (Wildman–Crippen LogP) is 1.70. The van der Waals surface area contributed by atoms with Crippen LogP contribution in [0.25, 0.3) is 0 Å². The van der Waals surface area contributed by atoms with E-state index in [4.69, 9.17) is 9.47 Å². The molecule has 2 saturated heterocycles. The number of carbonyl (C=O) groups excluding carboxylic acids is 1. The number of rotatable bonds is 1. The van der Waals surface area contributed by atoms with Crippen LogP contribution in [0.15, 0.2) is 18.2 Å². The number of nitro benzene ring substituents is 1. The van der Waals surface area contributed by atoms with Gasteiger partial charge in [-0.2, -0.15) is 0 Å². The quantitative estimate of drug-likeness (QED) is 0.625. The number of nitrogens with zero attached hydrogens (tertiary/aromatic N) is 3. The molecule has 1 aromatic rings. The Balaban J connectivity index is 1.69. The fourth-order valence-corrected chi connectivity index (χ4v) is 3.32. The number of anilines is 2. The maximum Gasteiger partial charge on any atom is 0.340 e. The summed E-state index contributed by atoms with van der Waals surface area (Å²) in [5.74, 6) is -0.681. The summed E-state index contributed by atoms with van der Waals surface area (Å²) in [6.45, 7) is 4.51. The Bertz CT molecular complexity index is 706. The number of hydrogen-bond acceptors (Lipinski definition) is 6. The number of benzene rings is 1. The number of hydrazine groups is 1. The van der Waals surface area contributed by atoms with Gasteiger partial charge in [0.2, 0.25) is 0 Å². The minimum Gasteiger partial charge on any atom is -0.343 e. The van der Waals surface area contributed by atoms with E-state index in [0.29, 0.717) is 24.5 Å². The molecule has 0 radical (unpaired) electrons. The van der Waals surface area contributed by atoms with Crippen LogP contribution in [-0.2, 0) is 9.47 Å². The highest BCUT2D eigenvalue weighted by Crippen LogP contribution is 2.40. The van der Waals surface area contributed by atoms with Gasteiger partial charge in [0.05, 0.1) is 29.4 Å². The highest BCUT2D eigenvalue weighted by atomic mass is 16.8. The fourth-order valence-electron chi connectivity index (χ4n) is 3.32. The molecule has 2 fully saturated rings. The van der Waals surface area contributed by atoms with Crippen molar-refractivity contribution in [2.24, 2.45) is 0 Å². The number of carbonyl (C=O) groups is 1. The van der Waals surface area contributed by atoms with Crippen molar-refractivity contribution in [1.29, 1.82) is 0 Å². The minimum absolute atomic E-state index is 0.0611. The topological polar surface area (TPSA) is 97.2 Å². The molecule has 1 aromatic carbocycles. The molecule has 2 unspecified atom stereocenters. The van der Waals surface area contributed by atoms with Crippen molar-refractivity contribution in [2.45, 2.75) is 31.8 Å². The number of non-ortho nitro benzene ring substituents is 1. The van der Waals surface area contributed by atoms with Crippen LogP contribution in [-0.4, -0.2) is 47.0 Å². The Morgan fingerprint density at radius 3 is 2.57 bits per heavy atom. The second kappa shape index (κ2) is 4.56. The van der Waals surface area contributed by atoms with Gasteiger partial charge >= 0.3 is 6.03 Å². The molecule has 0 aromatic heterocycles. The standard InChI is InChI=1S/C14H16N4O5/c1-14(2)22-11-6-16-10-4-3-8(18(20)21)5-9(10)15-13(19)17(16)7-12(11)23-14/h3-5,11-12H,6-7H2,1-2H3,(H,15,19). The fraction of sp³-hybridized carbons (Fsp3) is 0.500. The Labute approximate surface area is 131 Å². The molecule has 3 aliphatic rings. The summed E-state index contributed by atoms with van der Waals surface area (Å²) >= 11 is 0. The van der Waals surface area contributed by atoms with Gasteiger partial charge in [-0.3, -0.25) is 15.1 Å². The van der Waals surface area contributed by atoms with Gasteiger partial charge in [-0.1, -0.05) is 0 Å². The van der Waals surface area contributed by atoms with Crippen LogP contribution in [0.1, 0.15) is 13.8 Å². The van der Waals surface area contributed by atoms with Crippen molar-refractivity contribution in [3.05, 3.63) is 28.3 Å². The number of amides is 2. The lowest BCUT2D eigenvalue weighted by molar-refractivity contribution is -0.384. The molecule has 0 spiro atoms. The van der Waals surface area contributed by atoms with Gasteiger partial charge in [-0.25, -0.2) is 9.80 Å². The van der Waals surface area contributed by atoms with Gasteiger partial charge < -0.3 is 14.8 Å². The van der Waals surface area contributed by atoms with Crippen molar-refractivity contribution >= 4 is 23.1 Å². The van der Waals surface area contributed by atoms with Crippen LogP contribution in [0.3, 0.4) is 0 Å². The van der Waals surface area contributed by atoms with E-state index in [1.807, 2.05) is 13.8 Å². The number of fused-ring (bicyclic) bond motifs is 4. The van der Waals surface area contributed by atoms with E-state index in [2.05, 4.69) is 5.32 Å². The number of nitrogens with one attached hydrogen (secondary N) is 1. The van der Waals surface area contributed by atoms with E-state index in [1.54, 1.807) is 16.1 Å². The van der Waals surface area contributed by atoms with Crippen LogP contribution in [0.2, 0.25) is 0 Å². The number of hydrogen-bond donors (Lipinski definition) is 1. The molecular formula is C14H16N4O5. The van der Waals surface area contributed by atoms with Crippen LogP contribution in [0.4, 0.5) is 21.9 Å². The Hall–Kier alpha value is -2.39. The van der Waals surface area contributed by atoms with Gasteiger partial charge in [-0.15, -0.1) is 0 Å². The van der Waals surface area contributed by atoms with Crippen LogP contribution in [0.5, 0.6) is 0 Å². The van der Waals surface area contributed by atoms with E-state index in [1.165, 1.54) is 12.1 Å². The third kappa shape index (κ3) is 2.20. The van der Waals surface area contributed by atoms with Crippen molar-refractivity contribution < 1.29 is 19.2 Å². The molecule has 0 bridgehead atoms. The summed E-state index contributed by atoms with van der Waals surface area (Å²) in [5, 5.41) is 17.0. The maximum atomic E-state index is 12.3. The Morgan fingerprint density at radius 2 is 1.91 bits per heavy atom. The molecule has 2 amide bonds. The molecule has 2 atom stereocenters. The largest absolute Gasteiger partial charge is 0.343 e. The SMILES string of the molecule is CC1(C)OC2CN3C(=O)Nc4cc([N+](=O)[O-])ccc4N3CC2O1. The van der Waals surface area contributed by atoms with Gasteiger partial charge in [0, 0.05) is 12.1 Å². The average Bonchev–Trinajstić information content (AvgIpc) is 2.78. The summed E-state index contributed by atoms with van der Waals surface area (Å²) in [4.78, 5) is 22.7. The number of ether oxygens (including phenoxy) is 2. The molecule has 3 heterocycles. The summed E-state index contributed by atoms with van der Waals surface area (Å²) in [5.41, 5.74) is 1.08. The van der Waals surface area contributed by atoms with Crippen LogP contribution >= 0.6 is 0 Å². The molecule has 0 saturated carbocycles. The molecule has 9 nitrogen and oxygen atoms in total. The van der Waals surface area contributed by atoms with Gasteiger partial charge in [0.1, 0.15) is 12.2 Å². The van der Waals surface area contributed by atoms with E-state index < -0.39 is 10.7 Å². The molecule has 4 rings (SSSR count). The zero-order valence-electron chi connectivity index (χ0n) is 12.7. The van der Waals surface area contributed by atoms with E-state index in [0.717, 1.165) is 0 Å². The molecular weight excluding hydrogens is 304 g/mol. The monoisotopic (exact) mass is 320 g/mol. The summed E-state index contributed by atoms with van der Waals surface area (Å²) in [6.07, 6.45) is -0.346. The van der Waals surface area contributed by atoms with E-state index in [9.17, 15) is 14.9 Å². The lowest BCUT2D eigenvalue weighted by Gasteiger charge is -2.46. The Kier molecular flexibility index (Phi) is 2.82. The van der Waals surface area contributed by atoms with E-state index >= 15 is 0 Å². The number of nitro groups is 1. The van der Waals surface area contributed by atoms with Gasteiger partial charge in [0.15, 0.2) is 5.79 Å². The van der Waals surface area contributed by atoms with Gasteiger partial charge in [0.25, 0.3) is 5.69 Å². The maximum absolute atomic E-state index is 12.3. The average molecular weight is 320 g/mol. The van der Waals surface area contributed by atoms with Crippen molar-refractivity contribution in [3.63, 3.8) is 0 Å². The Morgan fingerprint density at radius 1 is 1.26 bits per heavy atom. The normalized spacial score (nSPS) is 27.8. The molecule has 122 valence electrons. The van der Waals surface area contributed by atoms with Crippen molar-refractivity contribution in [3.8, 4) is 0 Å². The smallest absolute Gasteiger partial charge is 0.340 e. The lowest BCUT2D eigenvalue weighted by Crippen LogP contribution is -2.62. The lowest BCUT2D eigenvalue weighted by atomic mass is 10.1. The first-order chi connectivity index (χ1) is 10.8. The first-order valence-corrected chi connectivity index (χ1v) is 7.34. The highest BCUT2D eigenvalue weighted by molar-refractivity contribution is 5.98. The second-order valence-electron chi connectivity index (χ2n) is 6.27. The summed E-state index contributed by atoms with van der Waals surface area (Å²) < 4.78 is 11.7. The highest BCUT2D eigenvalue weighted by Gasteiger charge is 2.49. The zero-order valence-corrected chi connectivity index (χ0v) is 12.7. The first kappa shape index (κ1) is 14.2. The third-order valence-corrected chi connectivity index (χ3v) is 4.23. The van der Waals surface area contributed by atoms with Crippen molar-refractivity contribution in [2.75, 3.05) is 23.4 Å². The van der Waals surface area contributed by atoms with Crippen molar-refractivity contribution in [1.82, 2.24) is 5.01 Å². The molecule has 3 aliphatic heterocycles. The minimum atomic E-state index is -0.681. The van der Waals surface area contributed by atoms with Gasteiger partial charge in [-0.05, 0) is 19.9 Å². The molecule has 1 N–H and O–H groups in total. The first-order valence-electron chi connectivity index (χ1n) is 7.34. The summed E-state index contributed by atoms with van der Waals surface area (Å²) in [6, 6.07) is 4.11. The second-order valence-corrected chi connectivity index (χ2v) is 6.27. The number of urea groups is 1. The van der Waals surface area contributed by atoms with Crippen LogP contribution < -0.4 is 10.3 Å². The molecule has 23 heavy (non-hydrogen) atoms. The molecule has 9 heteroatoms. The van der Waals surface area contributed by atoms with E-state index in [-0.39, 0.29) is 23.9 Å². The predicted molar refractivity (Wildman–Crippen MR) is 80.0 cm³/mol. The van der Waals surface area contributed by atoms with Crippen LogP contribution in [0, 0.1) is 10.1 Å².